The van der Waals surface area contributed by atoms with Gasteiger partial charge in [0.05, 0.1) is 0 Å². The largest absolute Gasteiger partial charge is 0.325 e. The van der Waals surface area contributed by atoms with Crippen LogP contribution in [-0.4, -0.2) is 15.3 Å². The highest BCUT2D eigenvalue weighted by molar-refractivity contribution is 4.79. The van der Waals surface area contributed by atoms with E-state index in [1.54, 1.807) is 6.20 Å². The minimum absolute atomic E-state index is 0.0913. The Kier molecular flexibility index (Phi) is 2.29. The fraction of sp³-hybridized carbons (Fsp3) is 0.625. The van der Waals surface area contributed by atoms with Gasteiger partial charge in [-0.05, 0) is 26.3 Å². The molecular formula is C8H15N3. The molecule has 0 bridgehead atoms. The van der Waals surface area contributed by atoms with Crippen molar-refractivity contribution < 1.29 is 0 Å². The number of aromatic nitrogens is 2. The lowest BCUT2D eigenvalue weighted by Crippen LogP contribution is -2.33. The Morgan fingerprint density at radius 2 is 2.27 bits per heavy atom. The fourth-order valence-electron chi connectivity index (χ4n) is 0.835. The van der Waals surface area contributed by atoms with Gasteiger partial charge in [-0.15, -0.1) is 0 Å². The third kappa shape index (κ3) is 3.18. The minimum atomic E-state index is -0.0913. The number of hydrogen-bond donors (Lipinski definition) is 1. The molecule has 0 aromatic carbocycles. The smallest absolute Gasteiger partial charge is 0.0489 e. The van der Waals surface area contributed by atoms with Crippen molar-refractivity contribution in [3.63, 3.8) is 0 Å². The third-order valence-electron chi connectivity index (χ3n) is 1.54. The van der Waals surface area contributed by atoms with Gasteiger partial charge in [-0.3, -0.25) is 4.68 Å². The molecule has 1 aromatic heterocycles. The van der Waals surface area contributed by atoms with Crippen molar-refractivity contribution in [1.82, 2.24) is 9.78 Å². The van der Waals surface area contributed by atoms with Crippen LogP contribution in [0.25, 0.3) is 0 Å². The first kappa shape index (κ1) is 8.27. The lowest BCUT2D eigenvalue weighted by Gasteiger charge is -2.17. The number of rotatable bonds is 3. The molecule has 0 saturated carbocycles. The average Bonchev–Trinajstić information content (AvgIpc) is 2.32. The number of nitrogens with two attached hydrogens (primary N) is 1. The van der Waals surface area contributed by atoms with Gasteiger partial charge < -0.3 is 5.73 Å². The summed E-state index contributed by atoms with van der Waals surface area (Å²) < 4.78 is 1.90. The van der Waals surface area contributed by atoms with Crippen LogP contribution in [0.2, 0.25) is 0 Å². The van der Waals surface area contributed by atoms with Crippen molar-refractivity contribution in [3.05, 3.63) is 18.5 Å². The maximum atomic E-state index is 5.81. The molecule has 0 unspecified atom stereocenters. The summed E-state index contributed by atoms with van der Waals surface area (Å²) in [6, 6.07) is 1.92. The maximum Gasteiger partial charge on any atom is 0.0489 e. The Balaban J connectivity index is 2.35. The van der Waals surface area contributed by atoms with Crippen LogP contribution in [0, 0.1) is 0 Å². The van der Waals surface area contributed by atoms with Gasteiger partial charge in [-0.1, -0.05) is 0 Å². The monoisotopic (exact) mass is 153 g/mol. The molecule has 0 atom stereocenters. The van der Waals surface area contributed by atoms with E-state index in [0.29, 0.717) is 0 Å². The quantitative estimate of drug-likeness (QED) is 0.704. The highest BCUT2D eigenvalue weighted by atomic mass is 15.3. The van der Waals surface area contributed by atoms with Crippen LogP contribution >= 0.6 is 0 Å². The van der Waals surface area contributed by atoms with E-state index in [1.807, 2.05) is 30.8 Å². The molecule has 0 aliphatic rings. The Morgan fingerprint density at radius 1 is 1.55 bits per heavy atom. The van der Waals surface area contributed by atoms with E-state index >= 15 is 0 Å². The Hall–Kier alpha value is -0.830. The molecule has 11 heavy (non-hydrogen) atoms. The van der Waals surface area contributed by atoms with Crippen molar-refractivity contribution in [2.75, 3.05) is 0 Å². The summed E-state index contributed by atoms with van der Waals surface area (Å²) in [4.78, 5) is 0. The maximum absolute atomic E-state index is 5.81. The molecule has 0 radical (unpaired) electrons. The molecule has 0 aliphatic heterocycles. The zero-order valence-electron chi connectivity index (χ0n) is 7.12. The molecule has 0 spiro atoms. The molecule has 0 amide bonds. The van der Waals surface area contributed by atoms with Crippen molar-refractivity contribution in [1.29, 1.82) is 0 Å². The van der Waals surface area contributed by atoms with Gasteiger partial charge in [0, 0.05) is 24.5 Å². The highest BCUT2D eigenvalue weighted by Crippen LogP contribution is 2.04. The van der Waals surface area contributed by atoms with Crippen molar-refractivity contribution in [3.8, 4) is 0 Å². The van der Waals surface area contributed by atoms with Crippen LogP contribution in [0.4, 0.5) is 0 Å². The summed E-state index contributed by atoms with van der Waals surface area (Å²) in [6.45, 7) is 4.95. The number of aryl methyl sites for hydroxylation is 1. The zero-order chi connectivity index (χ0) is 8.32. The topological polar surface area (TPSA) is 43.8 Å². The van der Waals surface area contributed by atoms with Crippen molar-refractivity contribution in [2.24, 2.45) is 5.73 Å². The predicted molar refractivity (Wildman–Crippen MR) is 45.1 cm³/mol. The molecule has 1 aromatic rings. The average molecular weight is 153 g/mol. The number of nitrogens with zero attached hydrogens (tertiary/aromatic N) is 2. The summed E-state index contributed by atoms with van der Waals surface area (Å²) >= 11 is 0. The Bertz CT molecular complexity index is 196. The van der Waals surface area contributed by atoms with Gasteiger partial charge >= 0.3 is 0 Å². The summed E-state index contributed by atoms with van der Waals surface area (Å²) in [5.74, 6) is 0. The first-order chi connectivity index (χ1) is 5.08. The van der Waals surface area contributed by atoms with E-state index in [-0.39, 0.29) is 5.54 Å². The summed E-state index contributed by atoms with van der Waals surface area (Å²) in [6.07, 6.45) is 4.68. The standard InChI is InChI=1S/C8H15N3/c1-8(2,9)4-7-11-6-3-5-10-11/h3,5-6H,4,7,9H2,1-2H3. The second-order valence-corrected chi connectivity index (χ2v) is 3.51. The Labute approximate surface area is 67.2 Å². The van der Waals surface area contributed by atoms with Crippen LogP contribution < -0.4 is 5.73 Å². The van der Waals surface area contributed by atoms with Gasteiger partial charge in [-0.25, -0.2) is 0 Å². The van der Waals surface area contributed by atoms with E-state index in [0.717, 1.165) is 13.0 Å². The van der Waals surface area contributed by atoms with Crippen molar-refractivity contribution >= 4 is 0 Å². The van der Waals surface area contributed by atoms with Crippen LogP contribution in [0.15, 0.2) is 18.5 Å². The van der Waals surface area contributed by atoms with E-state index in [1.165, 1.54) is 0 Å². The second kappa shape index (κ2) is 3.05. The molecule has 0 saturated heterocycles. The minimum Gasteiger partial charge on any atom is -0.325 e. The lowest BCUT2D eigenvalue weighted by atomic mass is 10.0. The SMILES string of the molecule is CC(C)(N)CCn1cccn1. The Morgan fingerprint density at radius 3 is 2.73 bits per heavy atom. The lowest BCUT2D eigenvalue weighted by molar-refractivity contribution is 0.420. The third-order valence-corrected chi connectivity index (χ3v) is 1.54. The van der Waals surface area contributed by atoms with Gasteiger partial charge in [0.15, 0.2) is 0 Å². The first-order valence-corrected chi connectivity index (χ1v) is 3.84. The number of hydrogen-bond acceptors (Lipinski definition) is 2. The van der Waals surface area contributed by atoms with E-state index in [2.05, 4.69) is 5.10 Å². The molecule has 3 heteroatoms. The molecule has 0 fully saturated rings. The van der Waals surface area contributed by atoms with Crippen LogP contribution in [0.5, 0.6) is 0 Å². The fourth-order valence-corrected chi connectivity index (χ4v) is 0.835. The van der Waals surface area contributed by atoms with Gasteiger partial charge in [-0.2, -0.15) is 5.10 Å². The zero-order valence-corrected chi connectivity index (χ0v) is 7.12. The van der Waals surface area contributed by atoms with E-state index in [4.69, 9.17) is 5.73 Å². The molecule has 2 N–H and O–H groups in total. The normalized spacial score (nSPS) is 11.9. The molecule has 0 aliphatic carbocycles. The molecule has 3 nitrogen and oxygen atoms in total. The van der Waals surface area contributed by atoms with Crippen LogP contribution in [-0.2, 0) is 6.54 Å². The van der Waals surface area contributed by atoms with Gasteiger partial charge in [0.1, 0.15) is 0 Å². The first-order valence-electron chi connectivity index (χ1n) is 3.84. The summed E-state index contributed by atoms with van der Waals surface area (Å²) in [5, 5.41) is 4.08. The van der Waals surface area contributed by atoms with E-state index < -0.39 is 0 Å². The summed E-state index contributed by atoms with van der Waals surface area (Å²) in [5.41, 5.74) is 5.72. The van der Waals surface area contributed by atoms with Gasteiger partial charge in [0.25, 0.3) is 0 Å². The molecule has 1 heterocycles. The predicted octanol–water partition coefficient (Wildman–Crippen LogP) is 1.01. The molecular weight excluding hydrogens is 138 g/mol. The van der Waals surface area contributed by atoms with Crippen LogP contribution in [0.3, 0.4) is 0 Å². The van der Waals surface area contributed by atoms with Crippen molar-refractivity contribution in [2.45, 2.75) is 32.4 Å². The van der Waals surface area contributed by atoms with E-state index in [9.17, 15) is 0 Å². The second-order valence-electron chi connectivity index (χ2n) is 3.51. The molecule has 1 rings (SSSR count). The highest BCUT2D eigenvalue weighted by Gasteiger charge is 2.09. The van der Waals surface area contributed by atoms with Crippen LogP contribution in [0.1, 0.15) is 20.3 Å². The molecule has 62 valence electrons. The van der Waals surface area contributed by atoms with Gasteiger partial charge in [0.2, 0.25) is 0 Å². The summed E-state index contributed by atoms with van der Waals surface area (Å²) in [7, 11) is 0.